The van der Waals surface area contributed by atoms with Gasteiger partial charge in [0.05, 0.1) is 33.9 Å². The number of imide groups is 2. The van der Waals surface area contributed by atoms with Crippen molar-refractivity contribution in [1.82, 2.24) is 5.32 Å². The highest BCUT2D eigenvalue weighted by atomic mass is 35.5. The summed E-state index contributed by atoms with van der Waals surface area (Å²) in [6.07, 6.45) is 4.46. The van der Waals surface area contributed by atoms with Gasteiger partial charge in [0.1, 0.15) is 11.6 Å². The SMILES string of the molecule is C=CCc1cccc(C2C3=CCC4C(=O)NC(=O)C4C3CC3C(=O)N(c4ccc(F)c(Cl)c4)C(=O)C32C)c1O. The Hall–Kier alpha value is -3.78. The normalized spacial score (nSPS) is 31.4. The van der Waals surface area contributed by atoms with E-state index >= 15 is 0 Å². The average Bonchev–Trinajstić information content (AvgIpc) is 3.30. The molecule has 0 aromatic heterocycles. The van der Waals surface area contributed by atoms with Crippen molar-refractivity contribution in [3.05, 3.63) is 82.7 Å². The number of fused-ring (bicyclic) bond motifs is 4. The van der Waals surface area contributed by atoms with Gasteiger partial charge in [0.25, 0.3) is 0 Å². The number of aromatic hydroxyl groups is 1. The molecule has 6 atom stereocenters. The summed E-state index contributed by atoms with van der Waals surface area (Å²) in [5.41, 5.74) is 0.689. The average molecular weight is 549 g/mol. The maximum atomic E-state index is 14.3. The quantitative estimate of drug-likeness (QED) is 0.434. The lowest BCUT2D eigenvalue weighted by Crippen LogP contribution is -2.48. The number of carbonyl (C=O) groups is 4. The van der Waals surface area contributed by atoms with Crippen molar-refractivity contribution in [2.24, 2.45) is 29.1 Å². The molecule has 2 aliphatic carbocycles. The maximum absolute atomic E-state index is 14.3. The predicted molar refractivity (Wildman–Crippen MR) is 141 cm³/mol. The minimum atomic E-state index is -1.32. The van der Waals surface area contributed by atoms with E-state index in [1.54, 1.807) is 31.2 Å². The van der Waals surface area contributed by atoms with Gasteiger partial charge in [-0.2, -0.15) is 0 Å². The lowest BCUT2D eigenvalue weighted by molar-refractivity contribution is -0.131. The molecule has 4 amide bonds. The molecule has 200 valence electrons. The number of hydrogen-bond acceptors (Lipinski definition) is 5. The number of halogens is 2. The van der Waals surface area contributed by atoms with Crippen molar-refractivity contribution < 1.29 is 28.7 Å². The molecule has 2 N–H and O–H groups in total. The molecule has 39 heavy (non-hydrogen) atoms. The lowest BCUT2D eigenvalue weighted by atomic mass is 9.51. The molecule has 4 aliphatic rings. The lowest BCUT2D eigenvalue weighted by Gasteiger charge is -2.49. The smallest absolute Gasteiger partial charge is 0.241 e. The molecule has 2 heterocycles. The Morgan fingerprint density at radius 3 is 2.67 bits per heavy atom. The second-order valence-corrected chi connectivity index (χ2v) is 11.4. The van der Waals surface area contributed by atoms with Crippen molar-refractivity contribution in [1.29, 1.82) is 0 Å². The fourth-order valence-electron chi connectivity index (χ4n) is 7.30. The molecule has 6 rings (SSSR count). The minimum Gasteiger partial charge on any atom is -0.507 e. The second-order valence-electron chi connectivity index (χ2n) is 11.0. The topological polar surface area (TPSA) is 104 Å². The van der Waals surface area contributed by atoms with E-state index < -0.39 is 52.6 Å². The first-order valence-electron chi connectivity index (χ1n) is 12.9. The van der Waals surface area contributed by atoms with Crippen LogP contribution in [0.2, 0.25) is 5.02 Å². The number of benzene rings is 2. The van der Waals surface area contributed by atoms with Crippen molar-refractivity contribution >= 4 is 40.9 Å². The molecule has 6 unspecified atom stereocenters. The van der Waals surface area contributed by atoms with Gasteiger partial charge in [-0.1, -0.05) is 47.5 Å². The van der Waals surface area contributed by atoms with Gasteiger partial charge in [-0.15, -0.1) is 6.58 Å². The zero-order chi connectivity index (χ0) is 27.8. The van der Waals surface area contributed by atoms with Gasteiger partial charge in [-0.3, -0.25) is 24.5 Å². The van der Waals surface area contributed by atoms with Gasteiger partial charge in [0.15, 0.2) is 0 Å². The molecular weight excluding hydrogens is 523 g/mol. The highest BCUT2D eigenvalue weighted by molar-refractivity contribution is 6.31. The Morgan fingerprint density at radius 2 is 1.95 bits per heavy atom. The zero-order valence-electron chi connectivity index (χ0n) is 21.1. The van der Waals surface area contributed by atoms with Crippen LogP contribution in [-0.4, -0.2) is 28.7 Å². The summed E-state index contributed by atoms with van der Waals surface area (Å²) in [6.45, 7) is 5.48. The number of phenolic OH excluding ortho intramolecular Hbond substituents is 1. The first-order valence-corrected chi connectivity index (χ1v) is 13.3. The summed E-state index contributed by atoms with van der Waals surface area (Å²) in [5.74, 6) is -5.66. The summed E-state index contributed by atoms with van der Waals surface area (Å²) < 4.78 is 13.9. The molecule has 2 aliphatic heterocycles. The van der Waals surface area contributed by atoms with Gasteiger partial charge in [-0.05, 0) is 55.9 Å². The summed E-state index contributed by atoms with van der Waals surface area (Å²) in [5, 5.41) is 13.6. The zero-order valence-corrected chi connectivity index (χ0v) is 21.9. The molecule has 0 bridgehead atoms. The Kier molecular flexibility index (Phi) is 5.80. The molecule has 9 heteroatoms. The molecule has 0 radical (unpaired) electrons. The molecule has 7 nitrogen and oxygen atoms in total. The fraction of sp³-hybridized carbons (Fsp3) is 0.333. The number of anilines is 1. The van der Waals surface area contributed by atoms with Crippen molar-refractivity contribution in [2.45, 2.75) is 32.1 Å². The second kappa shape index (κ2) is 8.88. The van der Waals surface area contributed by atoms with Crippen LogP contribution in [0.5, 0.6) is 5.75 Å². The van der Waals surface area contributed by atoms with Crippen LogP contribution in [0.1, 0.15) is 36.8 Å². The number of allylic oxidation sites excluding steroid dienone is 3. The van der Waals surface area contributed by atoms with Crippen LogP contribution in [0.4, 0.5) is 10.1 Å². The number of nitrogens with zero attached hydrogens (tertiary/aromatic N) is 1. The summed E-state index contributed by atoms with van der Waals surface area (Å²) >= 11 is 6.01. The highest BCUT2D eigenvalue weighted by Gasteiger charge is 2.67. The molecule has 2 aromatic rings. The summed E-state index contributed by atoms with van der Waals surface area (Å²) in [7, 11) is 0. The molecule has 0 spiro atoms. The minimum absolute atomic E-state index is 0.00141. The van der Waals surface area contributed by atoms with E-state index in [1.165, 1.54) is 12.1 Å². The number of phenols is 1. The van der Waals surface area contributed by atoms with Crippen LogP contribution in [-0.2, 0) is 25.6 Å². The van der Waals surface area contributed by atoms with Crippen LogP contribution >= 0.6 is 11.6 Å². The number of para-hydroxylation sites is 1. The summed E-state index contributed by atoms with van der Waals surface area (Å²) in [6, 6.07) is 8.97. The van der Waals surface area contributed by atoms with Crippen molar-refractivity contribution in [3.63, 3.8) is 0 Å². The molecule has 2 aromatic carbocycles. The molecule has 2 saturated heterocycles. The van der Waals surface area contributed by atoms with Crippen LogP contribution < -0.4 is 10.2 Å². The van der Waals surface area contributed by atoms with E-state index in [2.05, 4.69) is 11.9 Å². The van der Waals surface area contributed by atoms with E-state index in [0.29, 0.717) is 24.0 Å². The van der Waals surface area contributed by atoms with Crippen molar-refractivity contribution in [2.75, 3.05) is 4.90 Å². The Labute approximate surface area is 229 Å². The van der Waals surface area contributed by atoms with Gasteiger partial charge >= 0.3 is 0 Å². The Balaban J connectivity index is 1.56. The first-order chi connectivity index (χ1) is 18.6. The van der Waals surface area contributed by atoms with Crippen LogP contribution in [0, 0.1) is 34.9 Å². The highest BCUT2D eigenvalue weighted by Crippen LogP contribution is 2.64. The fourth-order valence-corrected chi connectivity index (χ4v) is 7.48. The van der Waals surface area contributed by atoms with Gasteiger partial charge < -0.3 is 5.11 Å². The molecule has 3 fully saturated rings. The third-order valence-electron chi connectivity index (χ3n) is 9.10. The van der Waals surface area contributed by atoms with Crippen LogP contribution in [0.15, 0.2) is 60.7 Å². The number of amides is 4. The maximum Gasteiger partial charge on any atom is 0.241 e. The van der Waals surface area contributed by atoms with Crippen molar-refractivity contribution in [3.8, 4) is 5.75 Å². The number of nitrogens with one attached hydrogen (secondary N) is 1. The summed E-state index contributed by atoms with van der Waals surface area (Å²) in [4.78, 5) is 54.8. The Morgan fingerprint density at radius 1 is 1.18 bits per heavy atom. The van der Waals surface area contributed by atoms with Crippen LogP contribution in [0.25, 0.3) is 0 Å². The third-order valence-corrected chi connectivity index (χ3v) is 9.39. The number of hydrogen-bond donors (Lipinski definition) is 2. The van der Waals surface area contributed by atoms with E-state index in [1.807, 2.05) is 6.08 Å². The van der Waals surface area contributed by atoms with Gasteiger partial charge in [0, 0.05) is 11.5 Å². The van der Waals surface area contributed by atoms with E-state index in [4.69, 9.17) is 11.6 Å². The third kappa shape index (κ3) is 3.47. The molecular formula is C30H26ClFN2O5. The predicted octanol–water partition coefficient (Wildman–Crippen LogP) is 4.43. The molecule has 1 saturated carbocycles. The number of rotatable bonds is 4. The van der Waals surface area contributed by atoms with Gasteiger partial charge in [0.2, 0.25) is 23.6 Å². The van der Waals surface area contributed by atoms with E-state index in [9.17, 15) is 28.7 Å². The first kappa shape index (κ1) is 25.5. The van der Waals surface area contributed by atoms with Gasteiger partial charge in [-0.25, -0.2) is 9.29 Å². The largest absolute Gasteiger partial charge is 0.507 e. The Bertz CT molecular complexity index is 1520. The standard InChI is InChI=1S/C30H26ClFN2O5/c1-3-5-14-6-4-7-18(25(14)35)24-16-9-10-17-23(27(37)33-26(17)36)19(16)13-20-28(38)34(29(39)30(20,24)2)15-8-11-22(32)21(31)12-15/h3-4,6-9,11-12,17,19-20,23-24,35H,1,5,10,13H2,2H3,(H,33,36,37). The van der Waals surface area contributed by atoms with E-state index in [-0.39, 0.29) is 34.7 Å². The van der Waals surface area contributed by atoms with Crippen LogP contribution in [0.3, 0.4) is 0 Å². The number of carbonyl (C=O) groups excluding carboxylic acids is 4. The monoisotopic (exact) mass is 548 g/mol. The van der Waals surface area contributed by atoms with E-state index in [0.717, 1.165) is 16.5 Å².